The number of carbonyl (C=O) groups excluding carboxylic acids is 1. The number of halogens is 3. The summed E-state index contributed by atoms with van der Waals surface area (Å²) < 4.78 is 40.9. The lowest BCUT2D eigenvalue weighted by atomic mass is 9.93. The number of rotatable bonds is 5. The third-order valence-corrected chi connectivity index (χ3v) is 5.16. The van der Waals surface area contributed by atoms with Gasteiger partial charge in [0.25, 0.3) is 0 Å². The second kappa shape index (κ2) is 9.34. The molecule has 2 N–H and O–H groups in total. The van der Waals surface area contributed by atoms with Gasteiger partial charge in [-0.1, -0.05) is 0 Å². The maximum Gasteiger partial charge on any atom is 0.393 e. The summed E-state index contributed by atoms with van der Waals surface area (Å²) in [6.07, 6.45) is -1.74. The van der Waals surface area contributed by atoms with Gasteiger partial charge in [0.05, 0.1) is 17.2 Å². The van der Waals surface area contributed by atoms with Crippen molar-refractivity contribution in [1.29, 1.82) is 5.26 Å². The SMILES string of the molecule is CN(C)CCNC(=O)N[C@@H]1C[C@H](C(F)(F)F)CN(c2ccc(C#N)c3nccnc23)C1. The van der Waals surface area contributed by atoms with Crippen LogP contribution in [0.3, 0.4) is 0 Å². The average molecular weight is 435 g/mol. The molecule has 3 rings (SSSR count). The minimum atomic E-state index is -4.41. The summed E-state index contributed by atoms with van der Waals surface area (Å²) in [5.41, 5.74) is 1.45. The summed E-state index contributed by atoms with van der Waals surface area (Å²) in [5, 5.41) is 14.6. The number of aromatic nitrogens is 2. The number of nitriles is 1. The van der Waals surface area contributed by atoms with Gasteiger partial charge >= 0.3 is 12.2 Å². The van der Waals surface area contributed by atoms with E-state index in [0.717, 1.165) is 0 Å². The molecule has 166 valence electrons. The smallest absolute Gasteiger partial charge is 0.367 e. The number of likely N-dealkylation sites (N-methyl/N-ethyl adjacent to an activating group) is 1. The fraction of sp³-hybridized carbons (Fsp3) is 0.500. The monoisotopic (exact) mass is 435 g/mol. The van der Waals surface area contributed by atoms with Gasteiger partial charge in [0.15, 0.2) is 0 Å². The average Bonchev–Trinajstić information content (AvgIpc) is 2.71. The van der Waals surface area contributed by atoms with Crippen molar-refractivity contribution >= 4 is 22.8 Å². The minimum absolute atomic E-state index is 0.186. The van der Waals surface area contributed by atoms with Crippen LogP contribution in [0, 0.1) is 17.2 Å². The van der Waals surface area contributed by atoms with Crippen LogP contribution in [0.1, 0.15) is 12.0 Å². The molecule has 0 aliphatic carbocycles. The first-order valence-electron chi connectivity index (χ1n) is 9.83. The van der Waals surface area contributed by atoms with E-state index < -0.39 is 24.2 Å². The number of amides is 2. The Morgan fingerprint density at radius 2 is 1.97 bits per heavy atom. The normalized spacial score (nSPS) is 19.3. The Balaban J connectivity index is 1.84. The van der Waals surface area contributed by atoms with Crippen LogP contribution in [0.4, 0.5) is 23.7 Å². The lowest BCUT2D eigenvalue weighted by Crippen LogP contribution is -2.55. The molecule has 0 radical (unpaired) electrons. The summed E-state index contributed by atoms with van der Waals surface area (Å²) in [6, 6.07) is 3.93. The summed E-state index contributed by atoms with van der Waals surface area (Å²) in [5.74, 6) is -1.62. The number of nitrogens with zero attached hydrogens (tertiary/aromatic N) is 5. The first-order chi connectivity index (χ1) is 14.7. The van der Waals surface area contributed by atoms with Crippen molar-refractivity contribution in [3.05, 3.63) is 30.1 Å². The van der Waals surface area contributed by atoms with Crippen LogP contribution < -0.4 is 15.5 Å². The summed E-state index contributed by atoms with van der Waals surface area (Å²) >= 11 is 0. The molecule has 31 heavy (non-hydrogen) atoms. The van der Waals surface area contributed by atoms with E-state index in [2.05, 4.69) is 20.6 Å². The zero-order valence-electron chi connectivity index (χ0n) is 17.3. The molecule has 1 aromatic heterocycles. The summed E-state index contributed by atoms with van der Waals surface area (Å²) in [6.45, 7) is 0.922. The third-order valence-electron chi connectivity index (χ3n) is 5.16. The Morgan fingerprint density at radius 3 is 2.61 bits per heavy atom. The van der Waals surface area contributed by atoms with E-state index in [4.69, 9.17) is 0 Å². The molecule has 0 saturated carbocycles. The molecule has 0 unspecified atom stereocenters. The molecular formula is C20H24F3N7O. The van der Waals surface area contributed by atoms with Gasteiger partial charge in [-0.3, -0.25) is 9.97 Å². The van der Waals surface area contributed by atoms with Crippen LogP contribution in [0.15, 0.2) is 24.5 Å². The number of hydrogen-bond acceptors (Lipinski definition) is 6. The van der Waals surface area contributed by atoms with Crippen molar-refractivity contribution in [2.75, 3.05) is 45.2 Å². The standard InChI is InChI=1S/C20H24F3N7O/c1-29(2)8-7-27-19(31)28-15-9-14(20(21,22)23)11-30(12-15)16-4-3-13(10-24)17-18(16)26-6-5-25-17/h3-6,14-15H,7-9,11-12H2,1-2H3,(H2,27,28,31)/t14-,15+/m0/s1. The maximum atomic E-state index is 13.6. The predicted octanol–water partition coefficient (Wildman–Crippen LogP) is 2.12. The van der Waals surface area contributed by atoms with Crippen molar-refractivity contribution in [2.45, 2.75) is 18.6 Å². The molecule has 1 saturated heterocycles. The highest BCUT2D eigenvalue weighted by molar-refractivity contribution is 5.92. The van der Waals surface area contributed by atoms with Gasteiger partial charge in [-0.2, -0.15) is 18.4 Å². The number of nitrogens with one attached hydrogen (secondary N) is 2. The highest BCUT2D eigenvalue weighted by Gasteiger charge is 2.45. The number of carbonyl (C=O) groups is 1. The molecule has 2 amide bonds. The van der Waals surface area contributed by atoms with E-state index in [1.165, 1.54) is 18.5 Å². The summed E-state index contributed by atoms with van der Waals surface area (Å²) in [4.78, 5) is 24.1. The lowest BCUT2D eigenvalue weighted by Gasteiger charge is -2.40. The first-order valence-corrected chi connectivity index (χ1v) is 9.83. The quantitative estimate of drug-likeness (QED) is 0.747. The lowest BCUT2D eigenvalue weighted by molar-refractivity contribution is -0.177. The number of alkyl halides is 3. The van der Waals surface area contributed by atoms with E-state index in [-0.39, 0.29) is 19.5 Å². The van der Waals surface area contributed by atoms with E-state index in [0.29, 0.717) is 35.4 Å². The maximum absolute atomic E-state index is 13.6. The van der Waals surface area contributed by atoms with Crippen LogP contribution in [0.2, 0.25) is 0 Å². The van der Waals surface area contributed by atoms with Gasteiger partial charge in [-0.05, 0) is 32.6 Å². The number of fused-ring (bicyclic) bond motifs is 1. The molecule has 2 atom stereocenters. The Morgan fingerprint density at radius 1 is 1.26 bits per heavy atom. The number of urea groups is 1. The molecule has 1 aliphatic rings. The van der Waals surface area contributed by atoms with Crippen LogP contribution in [-0.4, -0.2) is 73.4 Å². The molecule has 1 aliphatic heterocycles. The summed E-state index contributed by atoms with van der Waals surface area (Å²) in [7, 11) is 3.72. The van der Waals surface area contributed by atoms with Gasteiger partial charge in [0, 0.05) is 44.6 Å². The molecule has 1 fully saturated rings. The predicted molar refractivity (Wildman–Crippen MR) is 110 cm³/mol. The molecule has 0 spiro atoms. The van der Waals surface area contributed by atoms with E-state index >= 15 is 0 Å². The van der Waals surface area contributed by atoms with E-state index in [1.807, 2.05) is 25.1 Å². The minimum Gasteiger partial charge on any atom is -0.367 e. The van der Waals surface area contributed by atoms with Gasteiger partial charge in [0.1, 0.15) is 17.1 Å². The number of hydrogen-bond donors (Lipinski definition) is 2. The number of benzene rings is 1. The number of anilines is 1. The third kappa shape index (κ3) is 5.52. The van der Waals surface area contributed by atoms with Crippen LogP contribution in [-0.2, 0) is 0 Å². The molecule has 8 nitrogen and oxygen atoms in total. The largest absolute Gasteiger partial charge is 0.393 e. The van der Waals surface area contributed by atoms with Gasteiger partial charge in [-0.15, -0.1) is 0 Å². The van der Waals surface area contributed by atoms with Crippen molar-refractivity contribution < 1.29 is 18.0 Å². The Labute approximate surface area is 178 Å². The molecular weight excluding hydrogens is 411 g/mol. The molecule has 1 aromatic carbocycles. The molecule has 2 heterocycles. The Hall–Kier alpha value is -3.13. The highest BCUT2D eigenvalue weighted by atomic mass is 19.4. The van der Waals surface area contributed by atoms with Crippen LogP contribution in [0.25, 0.3) is 11.0 Å². The highest BCUT2D eigenvalue weighted by Crippen LogP contribution is 2.36. The van der Waals surface area contributed by atoms with Crippen LogP contribution in [0.5, 0.6) is 0 Å². The van der Waals surface area contributed by atoms with Gasteiger partial charge in [0.2, 0.25) is 0 Å². The second-order valence-corrected chi connectivity index (χ2v) is 7.78. The van der Waals surface area contributed by atoms with E-state index in [1.54, 1.807) is 11.0 Å². The Bertz CT molecular complexity index is 973. The Kier molecular flexibility index (Phi) is 6.80. The molecule has 11 heteroatoms. The zero-order chi connectivity index (χ0) is 22.6. The molecule has 2 aromatic rings. The van der Waals surface area contributed by atoms with Gasteiger partial charge < -0.3 is 20.4 Å². The van der Waals surface area contributed by atoms with Gasteiger partial charge in [-0.25, -0.2) is 4.79 Å². The topological polar surface area (TPSA) is 97.2 Å². The first kappa shape index (κ1) is 22.6. The fourth-order valence-corrected chi connectivity index (χ4v) is 3.66. The van der Waals surface area contributed by atoms with Crippen molar-refractivity contribution in [3.63, 3.8) is 0 Å². The van der Waals surface area contributed by atoms with Crippen molar-refractivity contribution in [3.8, 4) is 6.07 Å². The number of piperidine rings is 1. The van der Waals surface area contributed by atoms with Crippen molar-refractivity contribution in [1.82, 2.24) is 25.5 Å². The van der Waals surface area contributed by atoms with Crippen LogP contribution >= 0.6 is 0 Å². The fourth-order valence-electron chi connectivity index (χ4n) is 3.66. The van der Waals surface area contributed by atoms with Crippen molar-refractivity contribution in [2.24, 2.45) is 5.92 Å². The van der Waals surface area contributed by atoms with E-state index in [9.17, 15) is 23.2 Å². The molecule has 0 bridgehead atoms. The second-order valence-electron chi connectivity index (χ2n) is 7.78. The zero-order valence-corrected chi connectivity index (χ0v) is 17.3.